The van der Waals surface area contributed by atoms with E-state index in [-0.39, 0.29) is 25.5 Å². The highest BCUT2D eigenvalue weighted by molar-refractivity contribution is 5.96. The molecule has 0 aliphatic carbocycles. The Labute approximate surface area is 170 Å². The summed E-state index contributed by atoms with van der Waals surface area (Å²) >= 11 is 0. The van der Waals surface area contributed by atoms with Gasteiger partial charge in [0.2, 0.25) is 0 Å². The van der Waals surface area contributed by atoms with Crippen molar-refractivity contribution in [3.8, 4) is 16.9 Å². The van der Waals surface area contributed by atoms with Crippen LogP contribution in [0.3, 0.4) is 0 Å². The Hall–Kier alpha value is -3.60. The summed E-state index contributed by atoms with van der Waals surface area (Å²) in [4.78, 5) is 24.1. The lowest BCUT2D eigenvalue weighted by Gasteiger charge is -2.11. The van der Waals surface area contributed by atoms with E-state index in [4.69, 9.17) is 9.47 Å². The maximum atomic E-state index is 12.2. The quantitative estimate of drug-likeness (QED) is 0.571. The van der Waals surface area contributed by atoms with E-state index in [2.05, 4.69) is 5.32 Å². The molecule has 0 saturated carbocycles. The summed E-state index contributed by atoms with van der Waals surface area (Å²) in [7, 11) is 0. The molecule has 0 aromatic heterocycles. The highest BCUT2D eigenvalue weighted by atomic mass is 16.5. The average Bonchev–Trinajstić information content (AvgIpc) is 2.75. The van der Waals surface area contributed by atoms with Gasteiger partial charge >= 0.3 is 5.97 Å². The first-order valence-electron chi connectivity index (χ1n) is 9.41. The summed E-state index contributed by atoms with van der Waals surface area (Å²) in [5.74, 6) is -0.177. The van der Waals surface area contributed by atoms with Gasteiger partial charge in [-0.15, -0.1) is 0 Å². The summed E-state index contributed by atoms with van der Waals surface area (Å²) in [5, 5.41) is 2.80. The van der Waals surface area contributed by atoms with Gasteiger partial charge in [0.05, 0.1) is 13.0 Å². The maximum absolute atomic E-state index is 12.2. The molecule has 1 amide bonds. The fraction of sp³-hybridized carbons (Fsp3) is 0.167. The highest BCUT2D eigenvalue weighted by Gasteiger charge is 2.11. The average molecular weight is 389 g/mol. The highest BCUT2D eigenvalue weighted by Crippen LogP contribution is 2.27. The lowest BCUT2D eigenvalue weighted by atomic mass is 10.0. The third-order valence-electron chi connectivity index (χ3n) is 4.25. The third-order valence-corrected chi connectivity index (χ3v) is 4.25. The Kier molecular flexibility index (Phi) is 7.00. The number of anilines is 1. The predicted octanol–water partition coefficient (Wildman–Crippen LogP) is 4.61. The second-order valence-electron chi connectivity index (χ2n) is 6.53. The van der Waals surface area contributed by atoms with Crippen LogP contribution in [0.5, 0.6) is 5.75 Å². The van der Waals surface area contributed by atoms with Crippen molar-refractivity contribution < 1.29 is 19.1 Å². The third kappa shape index (κ3) is 6.21. The van der Waals surface area contributed by atoms with E-state index in [0.717, 1.165) is 16.7 Å². The second-order valence-corrected chi connectivity index (χ2v) is 6.53. The fourth-order valence-electron chi connectivity index (χ4n) is 2.75. The van der Waals surface area contributed by atoms with Gasteiger partial charge in [-0.3, -0.25) is 9.59 Å². The molecular weight excluding hydrogens is 366 g/mol. The molecule has 0 aliphatic rings. The van der Waals surface area contributed by atoms with Crippen LogP contribution in [0.4, 0.5) is 5.69 Å². The molecule has 0 radical (unpaired) electrons. The van der Waals surface area contributed by atoms with Crippen LogP contribution < -0.4 is 10.1 Å². The van der Waals surface area contributed by atoms with Crippen molar-refractivity contribution in [3.63, 3.8) is 0 Å². The molecule has 0 heterocycles. The normalized spacial score (nSPS) is 10.2. The largest absolute Gasteiger partial charge is 0.493 e. The number of amides is 1. The minimum absolute atomic E-state index is 0.0712. The van der Waals surface area contributed by atoms with Crippen molar-refractivity contribution in [2.24, 2.45) is 0 Å². The van der Waals surface area contributed by atoms with E-state index >= 15 is 0 Å². The Morgan fingerprint density at radius 2 is 1.55 bits per heavy atom. The van der Waals surface area contributed by atoms with E-state index in [9.17, 15) is 9.59 Å². The first-order valence-corrected chi connectivity index (χ1v) is 9.41. The number of rotatable bonds is 8. The number of esters is 1. The molecule has 29 heavy (non-hydrogen) atoms. The van der Waals surface area contributed by atoms with Crippen LogP contribution in [-0.4, -0.2) is 25.1 Å². The van der Waals surface area contributed by atoms with Gasteiger partial charge in [-0.2, -0.15) is 0 Å². The Morgan fingerprint density at radius 3 is 2.31 bits per heavy atom. The summed E-state index contributed by atoms with van der Waals surface area (Å²) in [6.07, 6.45) is 0.0712. The molecular formula is C24H23NO4. The van der Waals surface area contributed by atoms with Crippen LogP contribution in [0.2, 0.25) is 0 Å². The van der Waals surface area contributed by atoms with Gasteiger partial charge in [0.25, 0.3) is 5.91 Å². The van der Waals surface area contributed by atoms with E-state index in [1.165, 1.54) is 0 Å². The lowest BCUT2D eigenvalue weighted by Crippen LogP contribution is -2.22. The van der Waals surface area contributed by atoms with Crippen LogP contribution in [0.15, 0.2) is 78.9 Å². The Morgan fingerprint density at radius 1 is 0.862 bits per heavy atom. The van der Waals surface area contributed by atoms with Gasteiger partial charge < -0.3 is 14.8 Å². The van der Waals surface area contributed by atoms with E-state index in [1.54, 1.807) is 0 Å². The molecule has 5 heteroatoms. The van der Waals surface area contributed by atoms with Crippen molar-refractivity contribution in [2.75, 3.05) is 18.5 Å². The summed E-state index contributed by atoms with van der Waals surface area (Å²) in [5.41, 5.74) is 3.70. The van der Waals surface area contributed by atoms with Crippen molar-refractivity contribution in [3.05, 3.63) is 84.4 Å². The number of hydrogen-bond acceptors (Lipinski definition) is 4. The zero-order valence-electron chi connectivity index (χ0n) is 16.3. The van der Waals surface area contributed by atoms with Crippen LogP contribution >= 0.6 is 0 Å². The number of carbonyl (C=O) groups excluding carboxylic acids is 2. The second kappa shape index (κ2) is 10.1. The van der Waals surface area contributed by atoms with E-state index in [1.807, 2.05) is 85.8 Å². The standard InChI is InChI=1S/C24H23NO4/c1-18-11-13-20(14-12-18)28-16-15-24(27)29-17-23(26)25-22-10-6-5-9-21(22)19-7-3-2-4-8-19/h2-14H,15-17H2,1H3,(H,25,26). The van der Waals surface area contributed by atoms with Gasteiger partial charge in [-0.25, -0.2) is 0 Å². The minimum atomic E-state index is -0.483. The van der Waals surface area contributed by atoms with Gasteiger partial charge in [0, 0.05) is 11.3 Å². The molecule has 3 aromatic rings. The summed E-state index contributed by atoms with van der Waals surface area (Å²) in [6, 6.07) is 24.8. The molecule has 3 aromatic carbocycles. The number of aryl methyl sites for hydroxylation is 1. The predicted molar refractivity (Wildman–Crippen MR) is 113 cm³/mol. The van der Waals surface area contributed by atoms with Crippen molar-refractivity contribution in [2.45, 2.75) is 13.3 Å². The molecule has 3 rings (SSSR count). The smallest absolute Gasteiger partial charge is 0.309 e. The molecule has 0 saturated heterocycles. The first kappa shape index (κ1) is 20.1. The molecule has 1 N–H and O–H groups in total. The van der Waals surface area contributed by atoms with Gasteiger partial charge in [-0.05, 0) is 30.7 Å². The zero-order chi connectivity index (χ0) is 20.5. The summed E-state index contributed by atoms with van der Waals surface area (Å²) < 4.78 is 10.5. The van der Waals surface area contributed by atoms with E-state index < -0.39 is 5.97 Å². The molecule has 0 unspecified atom stereocenters. The number of benzene rings is 3. The Bertz CT molecular complexity index is 952. The first-order chi connectivity index (χ1) is 14.1. The molecule has 0 aliphatic heterocycles. The van der Waals surface area contributed by atoms with Crippen LogP contribution in [0.25, 0.3) is 11.1 Å². The van der Waals surface area contributed by atoms with Crippen LogP contribution in [0, 0.1) is 6.92 Å². The molecule has 0 bridgehead atoms. The number of carbonyl (C=O) groups is 2. The zero-order valence-corrected chi connectivity index (χ0v) is 16.3. The van der Waals surface area contributed by atoms with Gasteiger partial charge in [-0.1, -0.05) is 66.2 Å². The van der Waals surface area contributed by atoms with Crippen molar-refractivity contribution >= 4 is 17.6 Å². The molecule has 0 fully saturated rings. The van der Waals surface area contributed by atoms with Crippen molar-refractivity contribution in [1.29, 1.82) is 0 Å². The maximum Gasteiger partial charge on any atom is 0.309 e. The van der Waals surface area contributed by atoms with E-state index in [0.29, 0.717) is 11.4 Å². The van der Waals surface area contributed by atoms with Gasteiger partial charge in [0.1, 0.15) is 5.75 Å². The topological polar surface area (TPSA) is 64.6 Å². The monoisotopic (exact) mass is 389 g/mol. The van der Waals surface area contributed by atoms with Crippen LogP contribution in [0.1, 0.15) is 12.0 Å². The summed E-state index contributed by atoms with van der Waals surface area (Å²) in [6.45, 7) is 1.84. The molecule has 5 nitrogen and oxygen atoms in total. The van der Waals surface area contributed by atoms with Crippen molar-refractivity contribution in [1.82, 2.24) is 0 Å². The Balaban J connectivity index is 1.45. The fourth-order valence-corrected chi connectivity index (χ4v) is 2.75. The minimum Gasteiger partial charge on any atom is -0.493 e. The number of nitrogens with one attached hydrogen (secondary N) is 1. The lowest BCUT2D eigenvalue weighted by molar-refractivity contribution is -0.147. The number of hydrogen-bond donors (Lipinski definition) is 1. The van der Waals surface area contributed by atoms with Crippen LogP contribution in [-0.2, 0) is 14.3 Å². The van der Waals surface area contributed by atoms with Gasteiger partial charge in [0.15, 0.2) is 6.61 Å². The number of ether oxygens (including phenoxy) is 2. The SMILES string of the molecule is Cc1ccc(OCCC(=O)OCC(=O)Nc2ccccc2-c2ccccc2)cc1. The molecule has 0 atom stereocenters. The molecule has 148 valence electrons. The molecule has 0 spiro atoms. The number of para-hydroxylation sites is 1.